The summed E-state index contributed by atoms with van der Waals surface area (Å²) in [6.45, 7) is 0. The van der Waals surface area contributed by atoms with Crippen molar-refractivity contribution in [2.24, 2.45) is 0 Å². The van der Waals surface area contributed by atoms with Crippen molar-refractivity contribution in [2.75, 3.05) is 4.90 Å². The average Bonchev–Trinajstić information content (AvgIpc) is 2.94. The van der Waals surface area contributed by atoms with Gasteiger partial charge in [0.05, 0.1) is 28.4 Å². The maximum atomic E-state index is 12.9. The standard InChI is InChI=1S/C21H12N2O3/c22-13-14-6-4-9-16(12-14)26-18-11-5-10-17-19(18)21(25)23(20(17)24)15-7-2-1-3-8-15/h1-12H. The van der Waals surface area contributed by atoms with Crippen LogP contribution in [0.5, 0.6) is 11.5 Å². The molecule has 1 heterocycles. The molecule has 2 amide bonds. The third-order valence-electron chi connectivity index (χ3n) is 4.08. The minimum atomic E-state index is -0.428. The van der Waals surface area contributed by atoms with E-state index < -0.39 is 5.91 Å². The summed E-state index contributed by atoms with van der Waals surface area (Å²) in [5.41, 5.74) is 1.48. The fourth-order valence-electron chi connectivity index (χ4n) is 2.91. The van der Waals surface area contributed by atoms with E-state index in [0.717, 1.165) is 4.90 Å². The number of carbonyl (C=O) groups excluding carboxylic acids is 2. The Labute approximate surface area is 149 Å². The highest BCUT2D eigenvalue weighted by Gasteiger charge is 2.39. The van der Waals surface area contributed by atoms with Crippen LogP contribution in [0.2, 0.25) is 0 Å². The summed E-state index contributed by atoms with van der Waals surface area (Å²) in [5, 5.41) is 9.01. The molecule has 0 fully saturated rings. The summed E-state index contributed by atoms with van der Waals surface area (Å²) < 4.78 is 5.82. The Morgan fingerprint density at radius 2 is 1.62 bits per heavy atom. The van der Waals surface area contributed by atoms with E-state index in [9.17, 15) is 9.59 Å². The number of rotatable bonds is 3. The number of benzene rings is 3. The number of anilines is 1. The van der Waals surface area contributed by atoms with Gasteiger partial charge in [-0.2, -0.15) is 5.26 Å². The number of nitrogens with zero attached hydrogens (tertiary/aromatic N) is 2. The summed E-state index contributed by atoms with van der Waals surface area (Å²) >= 11 is 0. The van der Waals surface area contributed by atoms with Gasteiger partial charge in [0.25, 0.3) is 11.8 Å². The Kier molecular flexibility index (Phi) is 3.71. The highest BCUT2D eigenvalue weighted by atomic mass is 16.5. The second-order valence-corrected chi connectivity index (χ2v) is 5.70. The SMILES string of the molecule is N#Cc1cccc(Oc2cccc3c2C(=O)N(c2ccccc2)C3=O)c1. The minimum Gasteiger partial charge on any atom is -0.456 e. The van der Waals surface area contributed by atoms with E-state index in [-0.39, 0.29) is 17.2 Å². The summed E-state index contributed by atoms with van der Waals surface area (Å²) in [5.74, 6) is -0.0964. The first-order valence-corrected chi connectivity index (χ1v) is 7.94. The van der Waals surface area contributed by atoms with E-state index in [2.05, 4.69) is 0 Å². The predicted molar refractivity (Wildman–Crippen MR) is 95.3 cm³/mol. The third kappa shape index (κ3) is 2.50. The van der Waals surface area contributed by atoms with Crippen molar-refractivity contribution in [3.63, 3.8) is 0 Å². The van der Waals surface area contributed by atoms with Gasteiger partial charge in [-0.15, -0.1) is 0 Å². The van der Waals surface area contributed by atoms with Crippen molar-refractivity contribution < 1.29 is 14.3 Å². The average molecular weight is 340 g/mol. The van der Waals surface area contributed by atoms with Crippen LogP contribution in [0.15, 0.2) is 72.8 Å². The first-order valence-electron chi connectivity index (χ1n) is 7.94. The third-order valence-corrected chi connectivity index (χ3v) is 4.08. The number of hydrogen-bond donors (Lipinski definition) is 0. The van der Waals surface area contributed by atoms with Crippen LogP contribution >= 0.6 is 0 Å². The van der Waals surface area contributed by atoms with Crippen molar-refractivity contribution in [1.29, 1.82) is 5.26 Å². The van der Waals surface area contributed by atoms with Crippen molar-refractivity contribution in [2.45, 2.75) is 0 Å². The van der Waals surface area contributed by atoms with Crippen molar-refractivity contribution in [1.82, 2.24) is 0 Å². The molecule has 4 rings (SSSR count). The van der Waals surface area contributed by atoms with Crippen molar-refractivity contribution >= 4 is 17.5 Å². The normalized spacial score (nSPS) is 12.7. The zero-order chi connectivity index (χ0) is 18.1. The van der Waals surface area contributed by atoms with E-state index in [0.29, 0.717) is 22.6 Å². The zero-order valence-electron chi connectivity index (χ0n) is 13.5. The largest absolute Gasteiger partial charge is 0.456 e. The Hall–Kier alpha value is -3.91. The van der Waals surface area contributed by atoms with Gasteiger partial charge in [-0.1, -0.05) is 30.3 Å². The molecule has 0 bridgehead atoms. The molecule has 0 N–H and O–H groups in total. The molecular weight excluding hydrogens is 328 g/mol. The van der Waals surface area contributed by atoms with Crippen LogP contribution < -0.4 is 9.64 Å². The molecule has 0 radical (unpaired) electrons. The van der Waals surface area contributed by atoms with Crippen molar-refractivity contribution in [3.05, 3.63) is 89.5 Å². The Balaban J connectivity index is 1.76. The number of hydrogen-bond acceptors (Lipinski definition) is 4. The van der Waals surface area contributed by atoms with Crippen LogP contribution in [0.25, 0.3) is 0 Å². The summed E-state index contributed by atoms with van der Waals surface area (Å²) in [4.78, 5) is 26.8. The quantitative estimate of drug-likeness (QED) is 0.672. The molecule has 3 aromatic carbocycles. The first kappa shape index (κ1) is 15.6. The molecule has 26 heavy (non-hydrogen) atoms. The lowest BCUT2D eigenvalue weighted by Gasteiger charge is -2.13. The fraction of sp³-hybridized carbons (Fsp3) is 0. The molecule has 5 nitrogen and oxygen atoms in total. The molecule has 1 aliphatic rings. The number of carbonyl (C=O) groups is 2. The van der Waals surface area contributed by atoms with Crippen LogP contribution in [-0.4, -0.2) is 11.8 Å². The van der Waals surface area contributed by atoms with Gasteiger partial charge in [-0.25, -0.2) is 4.90 Å². The van der Waals surface area contributed by atoms with Gasteiger partial charge in [0.1, 0.15) is 11.5 Å². The van der Waals surface area contributed by atoms with Crippen LogP contribution in [-0.2, 0) is 0 Å². The number of amides is 2. The Morgan fingerprint density at radius 3 is 2.38 bits per heavy atom. The van der Waals surface area contributed by atoms with Crippen LogP contribution in [0, 0.1) is 11.3 Å². The van der Waals surface area contributed by atoms with E-state index in [1.807, 2.05) is 12.1 Å². The van der Waals surface area contributed by atoms with E-state index in [4.69, 9.17) is 10.00 Å². The molecule has 0 aliphatic carbocycles. The van der Waals surface area contributed by atoms with Gasteiger partial charge in [0.2, 0.25) is 0 Å². The molecule has 0 saturated heterocycles. The maximum absolute atomic E-state index is 12.9. The zero-order valence-corrected chi connectivity index (χ0v) is 13.5. The molecule has 0 unspecified atom stereocenters. The van der Waals surface area contributed by atoms with Crippen LogP contribution in [0.4, 0.5) is 5.69 Å². The number of nitriles is 1. The smallest absolute Gasteiger partial charge is 0.269 e. The number of para-hydroxylation sites is 1. The first-order chi connectivity index (χ1) is 12.7. The fourth-order valence-corrected chi connectivity index (χ4v) is 2.91. The molecular formula is C21H12N2O3. The molecule has 1 aliphatic heterocycles. The van der Waals surface area contributed by atoms with Crippen LogP contribution in [0.1, 0.15) is 26.3 Å². The second kappa shape index (κ2) is 6.19. The molecule has 0 saturated carbocycles. The van der Waals surface area contributed by atoms with Gasteiger partial charge in [0, 0.05) is 0 Å². The Morgan fingerprint density at radius 1 is 0.846 bits per heavy atom. The van der Waals surface area contributed by atoms with Crippen molar-refractivity contribution in [3.8, 4) is 17.6 Å². The van der Waals surface area contributed by atoms with E-state index in [1.54, 1.807) is 66.7 Å². The monoisotopic (exact) mass is 340 g/mol. The molecule has 124 valence electrons. The topological polar surface area (TPSA) is 70.4 Å². The molecule has 0 atom stereocenters. The minimum absolute atomic E-state index is 0.226. The molecule has 0 aromatic heterocycles. The molecule has 3 aromatic rings. The van der Waals surface area contributed by atoms with Gasteiger partial charge >= 0.3 is 0 Å². The Bertz CT molecular complexity index is 1070. The lowest BCUT2D eigenvalue weighted by Crippen LogP contribution is -2.29. The van der Waals surface area contributed by atoms with Gasteiger partial charge < -0.3 is 4.74 Å². The number of ether oxygens (including phenoxy) is 1. The summed E-state index contributed by atoms with van der Waals surface area (Å²) in [6, 6.07) is 22.3. The maximum Gasteiger partial charge on any atom is 0.269 e. The second-order valence-electron chi connectivity index (χ2n) is 5.70. The number of fused-ring (bicyclic) bond motifs is 1. The lowest BCUT2D eigenvalue weighted by molar-refractivity contribution is 0.0925. The molecule has 0 spiro atoms. The predicted octanol–water partition coefficient (Wildman–Crippen LogP) is 4.15. The number of imide groups is 1. The highest BCUT2D eigenvalue weighted by Crippen LogP contribution is 2.36. The van der Waals surface area contributed by atoms with E-state index in [1.165, 1.54) is 0 Å². The van der Waals surface area contributed by atoms with Gasteiger partial charge in [-0.3, -0.25) is 9.59 Å². The summed E-state index contributed by atoms with van der Waals surface area (Å²) in [6.07, 6.45) is 0. The molecule has 5 heteroatoms. The van der Waals surface area contributed by atoms with E-state index >= 15 is 0 Å². The van der Waals surface area contributed by atoms with Gasteiger partial charge in [-0.05, 0) is 42.5 Å². The lowest BCUT2D eigenvalue weighted by atomic mass is 10.1. The van der Waals surface area contributed by atoms with Crippen LogP contribution in [0.3, 0.4) is 0 Å². The highest BCUT2D eigenvalue weighted by molar-refractivity contribution is 6.35. The van der Waals surface area contributed by atoms with Gasteiger partial charge in [0.15, 0.2) is 0 Å². The summed E-state index contributed by atoms with van der Waals surface area (Å²) in [7, 11) is 0.